The molecule has 21 heavy (non-hydrogen) atoms. The summed E-state index contributed by atoms with van der Waals surface area (Å²) in [6.07, 6.45) is 6.70. The van der Waals surface area contributed by atoms with Gasteiger partial charge in [0.2, 0.25) is 11.8 Å². The maximum atomic E-state index is 12.6. The highest BCUT2D eigenvalue weighted by Gasteiger charge is 2.32. The molecule has 0 aromatic carbocycles. The number of nitrogens with zero attached hydrogens (tertiary/aromatic N) is 2. The van der Waals surface area contributed by atoms with Crippen LogP contribution in [0.4, 0.5) is 0 Å². The van der Waals surface area contributed by atoms with Gasteiger partial charge < -0.3 is 14.5 Å². The quantitative estimate of drug-likeness (QED) is 0.721. The van der Waals surface area contributed by atoms with Gasteiger partial charge in [-0.2, -0.15) is 0 Å². The van der Waals surface area contributed by atoms with Crippen LogP contribution >= 0.6 is 0 Å². The van der Waals surface area contributed by atoms with Gasteiger partial charge in [0.15, 0.2) is 0 Å². The minimum Gasteiger partial charge on any atom is -0.372 e. The standard InChI is InChI=1S/C16H26N2O3/c1-3-14-6-5-9-18(14)16(20)13-7-10-17(11-8-13)15(19)12-21-4-2/h5-6,13-14H,3-4,7-12H2,1-2H3. The van der Waals surface area contributed by atoms with E-state index in [4.69, 9.17) is 4.74 Å². The largest absolute Gasteiger partial charge is 0.372 e. The van der Waals surface area contributed by atoms with Crippen LogP contribution in [0.25, 0.3) is 0 Å². The summed E-state index contributed by atoms with van der Waals surface area (Å²) in [4.78, 5) is 28.3. The van der Waals surface area contributed by atoms with E-state index in [0.717, 1.165) is 25.8 Å². The molecule has 1 saturated heterocycles. The molecule has 1 fully saturated rings. The number of hydrogen-bond donors (Lipinski definition) is 0. The van der Waals surface area contributed by atoms with Gasteiger partial charge >= 0.3 is 0 Å². The van der Waals surface area contributed by atoms with Gasteiger partial charge in [0.05, 0.1) is 6.04 Å². The van der Waals surface area contributed by atoms with E-state index in [2.05, 4.69) is 19.1 Å². The van der Waals surface area contributed by atoms with E-state index in [1.807, 2.05) is 16.7 Å². The molecule has 1 unspecified atom stereocenters. The number of piperidine rings is 1. The first kappa shape index (κ1) is 16.0. The Kier molecular flexibility index (Phi) is 5.79. The SMILES string of the molecule is CCOCC(=O)N1CCC(C(=O)N2CC=CC2CC)CC1. The van der Waals surface area contributed by atoms with Crippen molar-refractivity contribution in [2.45, 2.75) is 39.2 Å². The number of rotatable bonds is 5. The molecular weight excluding hydrogens is 268 g/mol. The number of amides is 2. The van der Waals surface area contributed by atoms with Crippen LogP contribution in [0.1, 0.15) is 33.1 Å². The molecule has 0 aromatic rings. The summed E-state index contributed by atoms with van der Waals surface area (Å²) >= 11 is 0. The molecule has 5 heteroatoms. The molecule has 2 rings (SSSR count). The van der Waals surface area contributed by atoms with Crippen molar-refractivity contribution in [3.63, 3.8) is 0 Å². The van der Waals surface area contributed by atoms with Gasteiger partial charge in [-0.3, -0.25) is 9.59 Å². The second-order valence-corrected chi connectivity index (χ2v) is 5.69. The smallest absolute Gasteiger partial charge is 0.248 e. The van der Waals surface area contributed by atoms with Crippen LogP contribution in [0.3, 0.4) is 0 Å². The Morgan fingerprint density at radius 1 is 1.24 bits per heavy atom. The number of likely N-dealkylation sites (tertiary alicyclic amines) is 1. The minimum absolute atomic E-state index is 0.0389. The Bertz CT molecular complexity index is 400. The van der Waals surface area contributed by atoms with E-state index < -0.39 is 0 Å². The normalized spacial score (nSPS) is 22.9. The summed E-state index contributed by atoms with van der Waals surface area (Å²) in [6.45, 7) is 6.77. The fourth-order valence-electron chi connectivity index (χ4n) is 3.07. The predicted molar refractivity (Wildman–Crippen MR) is 80.7 cm³/mol. The molecule has 0 aliphatic carbocycles. The van der Waals surface area contributed by atoms with Crippen LogP contribution in [-0.2, 0) is 14.3 Å². The monoisotopic (exact) mass is 294 g/mol. The van der Waals surface area contributed by atoms with Crippen LogP contribution in [0.2, 0.25) is 0 Å². The maximum absolute atomic E-state index is 12.6. The Balaban J connectivity index is 1.81. The molecular formula is C16H26N2O3. The number of ether oxygens (including phenoxy) is 1. The second kappa shape index (κ2) is 7.59. The van der Waals surface area contributed by atoms with E-state index in [9.17, 15) is 9.59 Å². The van der Waals surface area contributed by atoms with E-state index in [1.165, 1.54) is 0 Å². The van der Waals surface area contributed by atoms with Gasteiger partial charge in [0.25, 0.3) is 0 Å². The molecule has 2 amide bonds. The first-order chi connectivity index (χ1) is 10.2. The van der Waals surface area contributed by atoms with Gasteiger partial charge in [-0.15, -0.1) is 0 Å². The van der Waals surface area contributed by atoms with E-state index in [0.29, 0.717) is 19.7 Å². The summed E-state index contributed by atoms with van der Waals surface area (Å²) in [7, 11) is 0. The lowest BCUT2D eigenvalue weighted by atomic mass is 9.94. The third-order valence-electron chi connectivity index (χ3n) is 4.39. The lowest BCUT2D eigenvalue weighted by Gasteiger charge is -2.34. The fraction of sp³-hybridized carbons (Fsp3) is 0.750. The van der Waals surface area contributed by atoms with Gasteiger partial charge in [-0.05, 0) is 26.2 Å². The molecule has 2 heterocycles. The van der Waals surface area contributed by atoms with Crippen LogP contribution in [0, 0.1) is 5.92 Å². The molecule has 5 nitrogen and oxygen atoms in total. The van der Waals surface area contributed by atoms with Crippen molar-refractivity contribution in [3.8, 4) is 0 Å². The van der Waals surface area contributed by atoms with Gasteiger partial charge in [-0.1, -0.05) is 19.1 Å². The van der Waals surface area contributed by atoms with Crippen molar-refractivity contribution in [2.24, 2.45) is 5.92 Å². The lowest BCUT2D eigenvalue weighted by molar-refractivity contribution is -0.143. The van der Waals surface area contributed by atoms with Gasteiger partial charge in [0.1, 0.15) is 6.61 Å². The molecule has 2 aliphatic rings. The number of carbonyl (C=O) groups excluding carboxylic acids is 2. The zero-order valence-corrected chi connectivity index (χ0v) is 13.1. The van der Waals surface area contributed by atoms with Crippen molar-refractivity contribution >= 4 is 11.8 Å². The Labute approximate surface area is 126 Å². The molecule has 0 radical (unpaired) electrons. The summed E-state index contributed by atoms with van der Waals surface area (Å²) in [6, 6.07) is 0.259. The topological polar surface area (TPSA) is 49.9 Å². The van der Waals surface area contributed by atoms with Crippen molar-refractivity contribution in [2.75, 3.05) is 32.8 Å². The van der Waals surface area contributed by atoms with Crippen LogP contribution in [0.15, 0.2) is 12.2 Å². The first-order valence-corrected chi connectivity index (χ1v) is 8.00. The first-order valence-electron chi connectivity index (χ1n) is 8.00. The highest BCUT2D eigenvalue weighted by molar-refractivity contribution is 5.81. The third-order valence-corrected chi connectivity index (χ3v) is 4.39. The van der Waals surface area contributed by atoms with Crippen LogP contribution in [-0.4, -0.2) is 60.5 Å². The van der Waals surface area contributed by atoms with E-state index in [-0.39, 0.29) is 30.4 Å². The second-order valence-electron chi connectivity index (χ2n) is 5.69. The zero-order valence-electron chi connectivity index (χ0n) is 13.1. The molecule has 0 aromatic heterocycles. The molecule has 0 bridgehead atoms. The van der Waals surface area contributed by atoms with Crippen molar-refractivity contribution < 1.29 is 14.3 Å². The average Bonchev–Trinajstić information content (AvgIpc) is 3.00. The molecule has 0 saturated carbocycles. The van der Waals surface area contributed by atoms with Crippen molar-refractivity contribution in [1.82, 2.24) is 9.80 Å². The zero-order chi connectivity index (χ0) is 15.2. The summed E-state index contributed by atoms with van der Waals surface area (Å²) in [5.41, 5.74) is 0. The number of carbonyl (C=O) groups is 2. The Morgan fingerprint density at radius 2 is 1.95 bits per heavy atom. The maximum Gasteiger partial charge on any atom is 0.248 e. The van der Waals surface area contributed by atoms with E-state index >= 15 is 0 Å². The summed E-state index contributed by atoms with van der Waals surface area (Å²) in [5, 5.41) is 0. The molecule has 2 aliphatic heterocycles. The Hall–Kier alpha value is -1.36. The Morgan fingerprint density at radius 3 is 2.57 bits per heavy atom. The van der Waals surface area contributed by atoms with Gasteiger partial charge in [0, 0.05) is 32.2 Å². The minimum atomic E-state index is 0.0389. The third kappa shape index (κ3) is 3.84. The molecule has 0 N–H and O–H groups in total. The van der Waals surface area contributed by atoms with Crippen molar-refractivity contribution in [3.05, 3.63) is 12.2 Å². The number of hydrogen-bond acceptors (Lipinski definition) is 3. The molecule has 1 atom stereocenters. The highest BCUT2D eigenvalue weighted by atomic mass is 16.5. The summed E-state index contributed by atoms with van der Waals surface area (Å²) in [5.74, 6) is 0.357. The van der Waals surface area contributed by atoms with E-state index in [1.54, 1.807) is 0 Å². The average molecular weight is 294 g/mol. The highest BCUT2D eigenvalue weighted by Crippen LogP contribution is 2.23. The predicted octanol–water partition coefficient (Wildman–Crippen LogP) is 1.44. The lowest BCUT2D eigenvalue weighted by Crippen LogP contribution is -2.46. The fourth-order valence-corrected chi connectivity index (χ4v) is 3.07. The molecule has 0 spiro atoms. The van der Waals surface area contributed by atoms with Crippen molar-refractivity contribution in [1.29, 1.82) is 0 Å². The molecule has 118 valence electrons. The van der Waals surface area contributed by atoms with Crippen LogP contribution in [0.5, 0.6) is 0 Å². The van der Waals surface area contributed by atoms with Crippen LogP contribution < -0.4 is 0 Å². The van der Waals surface area contributed by atoms with Gasteiger partial charge in [-0.25, -0.2) is 0 Å². The summed E-state index contributed by atoms with van der Waals surface area (Å²) < 4.78 is 5.16.